The lowest BCUT2D eigenvalue weighted by Crippen LogP contribution is -2.40. The zero-order valence-electron chi connectivity index (χ0n) is 12.6. The lowest BCUT2D eigenvalue weighted by molar-refractivity contribution is -0.123. The molecule has 1 N–H and O–H groups in total. The molecule has 3 rings (SSSR count). The molecule has 0 saturated heterocycles. The van der Waals surface area contributed by atoms with Crippen LogP contribution < -0.4 is 10.2 Å². The number of hydrogen-bond donors (Lipinski definition) is 1. The third kappa shape index (κ3) is 3.90. The van der Waals surface area contributed by atoms with Gasteiger partial charge in [0.25, 0.3) is 0 Å². The van der Waals surface area contributed by atoms with Crippen molar-refractivity contribution in [2.24, 2.45) is 0 Å². The van der Waals surface area contributed by atoms with E-state index in [9.17, 15) is 9.59 Å². The fraction of sp³-hybridized carbons (Fsp3) is 0.235. The van der Waals surface area contributed by atoms with Crippen LogP contribution in [0.4, 0.5) is 5.69 Å². The van der Waals surface area contributed by atoms with Gasteiger partial charge >= 0.3 is 0 Å². The number of thioether (sulfide) groups is 1. The highest BCUT2D eigenvalue weighted by molar-refractivity contribution is 7.99. The number of carbonyl (C=O) groups excluding carboxylic acids is 2. The molecule has 1 aliphatic heterocycles. The number of rotatable bonds is 4. The normalized spacial score (nSPS) is 14.1. The van der Waals surface area contributed by atoms with Gasteiger partial charge in [-0.1, -0.05) is 18.2 Å². The van der Waals surface area contributed by atoms with Gasteiger partial charge in [0.2, 0.25) is 11.8 Å². The van der Waals surface area contributed by atoms with Gasteiger partial charge in [-0.2, -0.15) is 0 Å². The molecule has 0 saturated carbocycles. The molecule has 2 aromatic rings. The number of fused-ring (bicyclic) bond motifs is 1. The number of carbonyl (C=O) groups is 2. The predicted octanol–water partition coefficient (Wildman–Crippen LogP) is 2.23. The number of para-hydroxylation sites is 1. The van der Waals surface area contributed by atoms with E-state index >= 15 is 0 Å². The summed E-state index contributed by atoms with van der Waals surface area (Å²) in [4.78, 5) is 31.3. The highest BCUT2D eigenvalue weighted by Crippen LogP contribution is 2.33. The SMILES string of the molecule is O=C(CN1C(=O)CCSc2ccccc21)NCc1ccccn1. The Kier molecular flexibility index (Phi) is 4.92. The van der Waals surface area contributed by atoms with Gasteiger partial charge in [0.15, 0.2) is 0 Å². The first-order chi connectivity index (χ1) is 11.2. The quantitative estimate of drug-likeness (QED) is 0.935. The lowest BCUT2D eigenvalue weighted by Gasteiger charge is -2.22. The van der Waals surface area contributed by atoms with Gasteiger partial charge < -0.3 is 10.2 Å². The van der Waals surface area contributed by atoms with E-state index in [4.69, 9.17) is 0 Å². The molecule has 0 spiro atoms. The molecule has 5 nitrogen and oxygen atoms in total. The topological polar surface area (TPSA) is 62.3 Å². The minimum Gasteiger partial charge on any atom is -0.349 e. The van der Waals surface area contributed by atoms with E-state index in [1.165, 1.54) is 0 Å². The molecule has 118 valence electrons. The average molecular weight is 327 g/mol. The van der Waals surface area contributed by atoms with E-state index in [1.54, 1.807) is 22.9 Å². The van der Waals surface area contributed by atoms with Gasteiger partial charge in [0.05, 0.1) is 17.9 Å². The highest BCUT2D eigenvalue weighted by atomic mass is 32.2. The molecular weight excluding hydrogens is 310 g/mol. The average Bonchev–Trinajstić information content (AvgIpc) is 2.74. The van der Waals surface area contributed by atoms with Crippen LogP contribution in [0.5, 0.6) is 0 Å². The second-order valence-electron chi connectivity index (χ2n) is 5.14. The third-order valence-corrected chi connectivity index (χ3v) is 4.59. The number of pyridine rings is 1. The molecule has 1 aromatic heterocycles. The van der Waals surface area contributed by atoms with Crippen molar-refractivity contribution in [1.82, 2.24) is 10.3 Å². The second kappa shape index (κ2) is 7.28. The Labute approximate surface area is 139 Å². The molecule has 6 heteroatoms. The Morgan fingerprint density at radius 2 is 2.04 bits per heavy atom. The summed E-state index contributed by atoms with van der Waals surface area (Å²) in [6, 6.07) is 13.3. The van der Waals surface area contributed by atoms with Crippen LogP contribution in [0.3, 0.4) is 0 Å². The van der Waals surface area contributed by atoms with Crippen molar-refractivity contribution in [3.63, 3.8) is 0 Å². The molecule has 23 heavy (non-hydrogen) atoms. The standard InChI is InChI=1S/C17H17N3O2S/c21-16(19-11-13-5-3-4-9-18-13)12-20-14-6-1-2-7-15(14)23-10-8-17(20)22/h1-7,9H,8,10-12H2,(H,19,21). The Bertz CT molecular complexity index is 706. The largest absolute Gasteiger partial charge is 0.349 e. The van der Waals surface area contributed by atoms with Crippen molar-refractivity contribution < 1.29 is 9.59 Å². The van der Waals surface area contributed by atoms with Crippen molar-refractivity contribution in [3.05, 3.63) is 54.4 Å². The number of hydrogen-bond acceptors (Lipinski definition) is 4. The highest BCUT2D eigenvalue weighted by Gasteiger charge is 2.24. The molecule has 2 amide bonds. The summed E-state index contributed by atoms with van der Waals surface area (Å²) in [7, 11) is 0. The van der Waals surface area contributed by atoms with Gasteiger partial charge in [0, 0.05) is 23.3 Å². The predicted molar refractivity (Wildman–Crippen MR) is 90.2 cm³/mol. The number of nitrogens with one attached hydrogen (secondary N) is 1. The fourth-order valence-electron chi connectivity index (χ4n) is 2.38. The zero-order valence-corrected chi connectivity index (χ0v) is 13.4. The molecule has 1 aliphatic rings. The van der Waals surface area contributed by atoms with E-state index in [0.717, 1.165) is 22.0 Å². The van der Waals surface area contributed by atoms with E-state index in [0.29, 0.717) is 13.0 Å². The number of nitrogens with zero attached hydrogens (tertiary/aromatic N) is 2. The maximum Gasteiger partial charge on any atom is 0.240 e. The molecule has 0 fully saturated rings. The molecule has 2 heterocycles. The summed E-state index contributed by atoms with van der Waals surface area (Å²) in [5, 5.41) is 2.82. The summed E-state index contributed by atoms with van der Waals surface area (Å²) < 4.78 is 0. The lowest BCUT2D eigenvalue weighted by atomic mass is 10.2. The molecule has 0 bridgehead atoms. The number of benzene rings is 1. The number of anilines is 1. The molecule has 0 atom stereocenters. The monoisotopic (exact) mass is 327 g/mol. The van der Waals surface area contributed by atoms with Crippen molar-refractivity contribution in [3.8, 4) is 0 Å². The number of amides is 2. The van der Waals surface area contributed by atoms with Gasteiger partial charge in [-0.15, -0.1) is 11.8 Å². The molecular formula is C17H17N3O2S. The maximum absolute atomic E-state index is 12.3. The van der Waals surface area contributed by atoms with Crippen molar-refractivity contribution >= 4 is 29.3 Å². The van der Waals surface area contributed by atoms with Crippen LogP contribution in [-0.2, 0) is 16.1 Å². The van der Waals surface area contributed by atoms with E-state index in [2.05, 4.69) is 10.3 Å². The van der Waals surface area contributed by atoms with E-state index in [-0.39, 0.29) is 18.4 Å². The molecule has 0 unspecified atom stereocenters. The van der Waals surface area contributed by atoms with Crippen LogP contribution in [0.2, 0.25) is 0 Å². The zero-order chi connectivity index (χ0) is 16.1. The van der Waals surface area contributed by atoms with Crippen molar-refractivity contribution in [2.75, 3.05) is 17.2 Å². The van der Waals surface area contributed by atoms with Crippen LogP contribution in [0.1, 0.15) is 12.1 Å². The van der Waals surface area contributed by atoms with Crippen LogP contribution in [-0.4, -0.2) is 29.1 Å². The van der Waals surface area contributed by atoms with Crippen LogP contribution >= 0.6 is 11.8 Å². The second-order valence-corrected chi connectivity index (χ2v) is 6.28. The summed E-state index contributed by atoms with van der Waals surface area (Å²) in [6.45, 7) is 0.390. The van der Waals surface area contributed by atoms with Gasteiger partial charge in [-0.05, 0) is 24.3 Å². The van der Waals surface area contributed by atoms with E-state index < -0.39 is 0 Å². The first-order valence-electron chi connectivity index (χ1n) is 7.43. The summed E-state index contributed by atoms with van der Waals surface area (Å²) in [5.41, 5.74) is 1.60. The third-order valence-electron chi connectivity index (χ3n) is 3.53. The Hall–Kier alpha value is -2.34. The number of aromatic nitrogens is 1. The Balaban J connectivity index is 1.68. The Morgan fingerprint density at radius 3 is 2.87 bits per heavy atom. The maximum atomic E-state index is 12.3. The van der Waals surface area contributed by atoms with Gasteiger partial charge in [0.1, 0.15) is 6.54 Å². The van der Waals surface area contributed by atoms with Crippen LogP contribution in [0.25, 0.3) is 0 Å². The molecule has 1 aromatic carbocycles. The first kappa shape index (κ1) is 15.6. The summed E-state index contributed by atoms with van der Waals surface area (Å²) in [5.74, 6) is 0.531. The van der Waals surface area contributed by atoms with Crippen LogP contribution in [0.15, 0.2) is 53.6 Å². The van der Waals surface area contributed by atoms with E-state index in [1.807, 2.05) is 42.5 Å². The molecule has 0 aliphatic carbocycles. The Morgan fingerprint density at radius 1 is 1.22 bits per heavy atom. The van der Waals surface area contributed by atoms with Gasteiger partial charge in [-0.3, -0.25) is 14.6 Å². The van der Waals surface area contributed by atoms with Crippen LogP contribution in [0, 0.1) is 0 Å². The summed E-state index contributed by atoms with van der Waals surface area (Å²) >= 11 is 1.65. The summed E-state index contributed by atoms with van der Waals surface area (Å²) in [6.07, 6.45) is 2.13. The minimum absolute atomic E-state index is 0.0181. The van der Waals surface area contributed by atoms with Gasteiger partial charge in [-0.25, -0.2) is 0 Å². The minimum atomic E-state index is -0.189. The smallest absolute Gasteiger partial charge is 0.240 e. The van der Waals surface area contributed by atoms with Crippen molar-refractivity contribution in [1.29, 1.82) is 0 Å². The first-order valence-corrected chi connectivity index (χ1v) is 8.41. The fourth-order valence-corrected chi connectivity index (χ4v) is 3.38. The van der Waals surface area contributed by atoms with Crippen molar-refractivity contribution in [2.45, 2.75) is 17.9 Å². The molecule has 0 radical (unpaired) electrons.